The molecule has 0 aromatic carbocycles. The number of nitrogens with one attached hydrogen (secondary N) is 2. The molecule has 1 amide bonds. The Hall–Kier alpha value is -2.90. The second-order valence-electron chi connectivity index (χ2n) is 8.35. The molecule has 1 aliphatic heterocycles. The summed E-state index contributed by atoms with van der Waals surface area (Å²) >= 11 is 0. The Kier molecular flexibility index (Phi) is 4.80. The molecule has 29 heavy (non-hydrogen) atoms. The fourth-order valence-electron chi connectivity index (χ4n) is 5.11. The first kappa shape index (κ1) is 19.4. The third-order valence-corrected chi connectivity index (χ3v) is 6.10. The molecule has 3 aliphatic rings. The van der Waals surface area contributed by atoms with Crippen molar-refractivity contribution < 1.29 is 4.79 Å². The summed E-state index contributed by atoms with van der Waals surface area (Å²) in [6.45, 7) is 6.11. The minimum Gasteiger partial charge on any atom is -0.384 e. The van der Waals surface area contributed by atoms with Crippen molar-refractivity contribution >= 4 is 23.2 Å². The predicted molar refractivity (Wildman–Crippen MR) is 112 cm³/mol. The third-order valence-electron chi connectivity index (χ3n) is 6.10. The van der Waals surface area contributed by atoms with Gasteiger partial charge in [-0.1, -0.05) is 20.3 Å². The first-order valence-corrected chi connectivity index (χ1v) is 10.3. The largest absolute Gasteiger partial charge is 0.384 e. The molecule has 0 radical (unpaired) electrons. The molecule has 2 saturated carbocycles. The predicted octanol–water partition coefficient (Wildman–Crippen LogP) is 2.91. The summed E-state index contributed by atoms with van der Waals surface area (Å²) in [5.74, 6) is 1.53. The number of nitrogen functional groups attached to an aromatic ring is 1. The number of carbonyl (C=O) groups excluding carboxylic acids is 1. The minimum absolute atomic E-state index is 0.148. The van der Waals surface area contributed by atoms with Gasteiger partial charge < -0.3 is 16.4 Å². The number of rotatable bonds is 2. The second-order valence-corrected chi connectivity index (χ2v) is 8.35. The molecule has 1 spiro atoms. The van der Waals surface area contributed by atoms with Gasteiger partial charge in [-0.2, -0.15) is 0 Å². The lowest BCUT2D eigenvalue weighted by atomic mass is 9.88. The van der Waals surface area contributed by atoms with Crippen molar-refractivity contribution in [3.8, 4) is 0 Å². The van der Waals surface area contributed by atoms with Crippen LogP contribution in [-0.2, 0) is 5.66 Å². The Morgan fingerprint density at radius 1 is 1.28 bits per heavy atom. The number of nitrogens with zero attached hydrogens (tertiary/aromatic N) is 3. The van der Waals surface area contributed by atoms with Crippen LogP contribution in [0.2, 0.25) is 0 Å². The van der Waals surface area contributed by atoms with Crippen molar-refractivity contribution in [1.29, 1.82) is 0 Å². The molecular weight excluding hydrogens is 368 g/mol. The summed E-state index contributed by atoms with van der Waals surface area (Å²) < 4.78 is 1.71. The highest BCUT2D eigenvalue weighted by Gasteiger charge is 2.57. The van der Waals surface area contributed by atoms with E-state index in [0.29, 0.717) is 34.9 Å². The summed E-state index contributed by atoms with van der Waals surface area (Å²) in [5, 5.41) is 6.20. The van der Waals surface area contributed by atoms with Crippen LogP contribution in [0.4, 0.5) is 17.3 Å². The van der Waals surface area contributed by atoms with Crippen LogP contribution in [0.15, 0.2) is 23.3 Å². The van der Waals surface area contributed by atoms with Crippen molar-refractivity contribution in [1.82, 2.24) is 19.9 Å². The van der Waals surface area contributed by atoms with E-state index in [-0.39, 0.29) is 11.5 Å². The molecule has 3 heterocycles. The van der Waals surface area contributed by atoms with Crippen molar-refractivity contribution in [2.24, 2.45) is 11.8 Å². The number of carbonyl (C=O) groups is 1. The minimum atomic E-state index is -0.570. The molecule has 2 aromatic rings. The van der Waals surface area contributed by atoms with Crippen LogP contribution < -0.4 is 21.9 Å². The van der Waals surface area contributed by atoms with E-state index < -0.39 is 5.66 Å². The molecule has 0 saturated heterocycles. The maximum Gasteiger partial charge on any atom is 0.276 e. The number of anilines is 3. The van der Waals surface area contributed by atoms with Gasteiger partial charge in [0.15, 0.2) is 0 Å². The second kappa shape index (κ2) is 7.17. The Bertz CT molecular complexity index is 1020. The molecule has 2 aromatic heterocycles. The first-order valence-electron chi connectivity index (χ1n) is 10.3. The van der Waals surface area contributed by atoms with Crippen LogP contribution in [0, 0.1) is 18.8 Å². The summed E-state index contributed by atoms with van der Waals surface area (Å²) in [4.78, 5) is 34.0. The molecule has 3 atom stereocenters. The first-order chi connectivity index (χ1) is 13.9. The van der Waals surface area contributed by atoms with E-state index >= 15 is 0 Å². The van der Waals surface area contributed by atoms with Gasteiger partial charge in [0.25, 0.3) is 11.5 Å². The summed E-state index contributed by atoms with van der Waals surface area (Å²) in [5.41, 5.74) is 6.57. The maximum atomic E-state index is 13.3. The van der Waals surface area contributed by atoms with Crippen LogP contribution in [0.3, 0.4) is 0 Å². The van der Waals surface area contributed by atoms with E-state index in [4.69, 9.17) is 5.73 Å². The molecule has 8 heteroatoms. The lowest BCUT2D eigenvalue weighted by molar-refractivity contribution is 0.0845. The van der Waals surface area contributed by atoms with Gasteiger partial charge in [-0.25, -0.2) is 9.97 Å². The van der Waals surface area contributed by atoms with Crippen molar-refractivity contribution in [2.75, 3.05) is 11.1 Å². The van der Waals surface area contributed by atoms with Gasteiger partial charge in [-0.3, -0.25) is 14.2 Å². The SMILES string of the molecule is CCC.Cc1cc(Nc2cc(N)ncn2)c(=O)n2c1C(=O)NC21CC2CCC1C2. The number of pyridine rings is 1. The molecule has 154 valence electrons. The van der Waals surface area contributed by atoms with Crippen LogP contribution in [0.5, 0.6) is 0 Å². The van der Waals surface area contributed by atoms with E-state index in [1.165, 1.54) is 19.2 Å². The van der Waals surface area contributed by atoms with Crippen LogP contribution in [0.25, 0.3) is 0 Å². The smallest absolute Gasteiger partial charge is 0.276 e. The van der Waals surface area contributed by atoms with E-state index in [1.54, 1.807) is 16.7 Å². The quantitative estimate of drug-likeness (QED) is 0.719. The highest BCUT2D eigenvalue weighted by molar-refractivity contribution is 5.97. The zero-order valence-corrected chi connectivity index (χ0v) is 17.2. The molecule has 3 unspecified atom stereocenters. The van der Waals surface area contributed by atoms with E-state index in [0.717, 1.165) is 24.8 Å². The summed E-state index contributed by atoms with van der Waals surface area (Å²) in [6, 6.07) is 3.28. The van der Waals surface area contributed by atoms with Crippen molar-refractivity contribution in [3.05, 3.63) is 40.1 Å². The molecule has 2 bridgehead atoms. The fraction of sp³-hybridized carbons (Fsp3) is 0.524. The monoisotopic (exact) mass is 396 g/mol. The summed E-state index contributed by atoms with van der Waals surface area (Å²) in [7, 11) is 0. The zero-order valence-electron chi connectivity index (χ0n) is 17.2. The van der Waals surface area contributed by atoms with Gasteiger partial charge in [-0.05, 0) is 50.2 Å². The van der Waals surface area contributed by atoms with Crippen LogP contribution >= 0.6 is 0 Å². The molecule has 8 nitrogen and oxygen atoms in total. The Labute approximate surface area is 169 Å². The third kappa shape index (κ3) is 3.07. The van der Waals surface area contributed by atoms with Gasteiger partial charge >= 0.3 is 0 Å². The summed E-state index contributed by atoms with van der Waals surface area (Å²) in [6.07, 6.45) is 6.74. The lowest BCUT2D eigenvalue weighted by Crippen LogP contribution is -2.51. The number of fused-ring (bicyclic) bond motifs is 5. The molecule has 4 N–H and O–H groups in total. The Morgan fingerprint density at radius 2 is 2.03 bits per heavy atom. The Balaban J connectivity index is 0.000000645. The average Bonchev–Trinajstić information content (AvgIpc) is 3.33. The number of hydrogen-bond acceptors (Lipinski definition) is 6. The van der Waals surface area contributed by atoms with Crippen LogP contribution in [-0.4, -0.2) is 20.4 Å². The zero-order chi connectivity index (χ0) is 20.8. The molecular formula is C21H28N6O2. The number of nitrogens with two attached hydrogens (primary N) is 1. The van der Waals surface area contributed by atoms with E-state index in [1.807, 2.05) is 6.92 Å². The van der Waals surface area contributed by atoms with Crippen LogP contribution in [0.1, 0.15) is 62.0 Å². The van der Waals surface area contributed by atoms with Crippen molar-refractivity contribution in [2.45, 2.75) is 58.5 Å². The average molecular weight is 396 g/mol. The molecule has 2 fully saturated rings. The lowest BCUT2D eigenvalue weighted by Gasteiger charge is -2.35. The van der Waals surface area contributed by atoms with Gasteiger partial charge in [0.05, 0.1) is 0 Å². The fourth-order valence-corrected chi connectivity index (χ4v) is 5.11. The van der Waals surface area contributed by atoms with Gasteiger partial charge in [0, 0.05) is 12.0 Å². The highest BCUT2D eigenvalue weighted by atomic mass is 16.2. The number of aromatic nitrogens is 3. The maximum absolute atomic E-state index is 13.3. The number of hydrogen-bond donors (Lipinski definition) is 3. The topological polar surface area (TPSA) is 115 Å². The van der Waals surface area contributed by atoms with E-state index in [9.17, 15) is 9.59 Å². The number of aryl methyl sites for hydroxylation is 1. The van der Waals surface area contributed by atoms with Gasteiger partial charge in [-0.15, -0.1) is 0 Å². The number of amides is 1. The Morgan fingerprint density at radius 3 is 2.66 bits per heavy atom. The van der Waals surface area contributed by atoms with Gasteiger partial charge in [0.2, 0.25) is 0 Å². The van der Waals surface area contributed by atoms with E-state index in [2.05, 4.69) is 34.4 Å². The highest BCUT2D eigenvalue weighted by Crippen LogP contribution is 2.54. The standard InChI is InChI=1S/C18H20N6O2.C3H8/c1-9-4-12(22-14-6-13(19)20-8-21-14)17(26)24-15(9)16(25)23-18(24)7-10-2-3-11(18)5-10;1-3-2/h4,6,8,10-11H,2-3,5,7H2,1H3,(H,23,25)(H3,19,20,21,22);3H2,1-2H3. The van der Waals surface area contributed by atoms with Gasteiger partial charge in [0.1, 0.15) is 35.0 Å². The van der Waals surface area contributed by atoms with Crippen molar-refractivity contribution in [3.63, 3.8) is 0 Å². The molecule has 5 rings (SSSR count). The molecule has 2 aliphatic carbocycles. The normalized spacial score (nSPS) is 26.1.